The summed E-state index contributed by atoms with van der Waals surface area (Å²) in [4.78, 5) is 45.9. The van der Waals surface area contributed by atoms with Gasteiger partial charge >= 0.3 is 12.1 Å². The number of hydrogen-bond acceptors (Lipinski definition) is 8. The summed E-state index contributed by atoms with van der Waals surface area (Å²) < 4.78 is 18.1. The highest BCUT2D eigenvalue weighted by Gasteiger charge is 2.51. The molecule has 3 aliphatic rings. The summed E-state index contributed by atoms with van der Waals surface area (Å²) in [5.41, 5.74) is 1.25. The van der Waals surface area contributed by atoms with Crippen LogP contribution in [-0.2, 0) is 37.8 Å². The number of aromatic nitrogens is 2. The van der Waals surface area contributed by atoms with Crippen molar-refractivity contribution in [2.45, 2.75) is 32.1 Å². The zero-order valence-electron chi connectivity index (χ0n) is 19.1. The van der Waals surface area contributed by atoms with Gasteiger partial charge in [0.05, 0.1) is 42.2 Å². The number of fused-ring (bicyclic) bond motifs is 5. The topological polar surface area (TPSA) is 120 Å². The molecule has 1 saturated heterocycles. The molecule has 35 heavy (non-hydrogen) atoms. The van der Waals surface area contributed by atoms with E-state index < -0.39 is 17.7 Å². The third-order valence-electron chi connectivity index (χ3n) is 6.99. The van der Waals surface area contributed by atoms with Gasteiger partial charge in [0.1, 0.15) is 12.4 Å². The molecule has 0 aliphatic carbocycles. The van der Waals surface area contributed by atoms with Gasteiger partial charge in [-0.2, -0.15) is 0 Å². The van der Waals surface area contributed by atoms with Crippen LogP contribution in [0.2, 0.25) is 0 Å². The molecule has 5 heterocycles. The van der Waals surface area contributed by atoms with Crippen LogP contribution >= 0.6 is 0 Å². The van der Waals surface area contributed by atoms with E-state index in [0.29, 0.717) is 60.9 Å². The molecule has 1 aromatic carbocycles. The summed E-state index contributed by atoms with van der Waals surface area (Å²) in [6, 6.07) is 8.52. The first-order valence-electron chi connectivity index (χ1n) is 11.5. The van der Waals surface area contributed by atoms with Gasteiger partial charge < -0.3 is 28.8 Å². The molecule has 0 bridgehead atoms. The number of carbonyl (C=O) groups is 2. The van der Waals surface area contributed by atoms with E-state index in [1.807, 2.05) is 6.07 Å². The zero-order valence-corrected chi connectivity index (χ0v) is 19.1. The van der Waals surface area contributed by atoms with Gasteiger partial charge in [-0.25, -0.2) is 14.6 Å². The summed E-state index contributed by atoms with van der Waals surface area (Å²) >= 11 is 0. The largest absolute Gasteiger partial charge is 0.508 e. The smallest absolute Gasteiger partial charge is 0.411 e. The molecule has 6 rings (SSSR count). The lowest BCUT2D eigenvalue weighted by molar-refractivity contribution is -0.174. The monoisotopic (exact) mass is 477 g/mol. The Morgan fingerprint density at radius 1 is 1.20 bits per heavy atom. The minimum absolute atomic E-state index is 0.106. The van der Waals surface area contributed by atoms with Crippen LogP contribution in [-0.4, -0.2) is 57.9 Å². The summed E-state index contributed by atoms with van der Waals surface area (Å²) in [6.45, 7) is 3.32. The number of hydrogen-bond donors (Lipinski definition) is 1. The Kier molecular flexibility index (Phi) is 4.82. The first-order chi connectivity index (χ1) is 16.9. The van der Waals surface area contributed by atoms with Crippen molar-refractivity contribution >= 4 is 23.0 Å². The van der Waals surface area contributed by atoms with Crippen molar-refractivity contribution in [3.8, 4) is 17.1 Å². The number of morpholine rings is 1. The van der Waals surface area contributed by atoms with E-state index in [-0.39, 0.29) is 24.3 Å². The highest BCUT2D eigenvalue weighted by atomic mass is 16.6. The maximum atomic E-state index is 13.6. The van der Waals surface area contributed by atoms with Crippen LogP contribution in [0.4, 0.5) is 4.79 Å². The lowest BCUT2D eigenvalue weighted by Gasteiger charge is -2.37. The van der Waals surface area contributed by atoms with Crippen LogP contribution < -0.4 is 5.56 Å². The lowest BCUT2D eigenvalue weighted by Crippen LogP contribution is -2.51. The minimum Gasteiger partial charge on any atom is -0.508 e. The summed E-state index contributed by atoms with van der Waals surface area (Å²) in [6.07, 6.45) is -0.542. The highest BCUT2D eigenvalue weighted by Crippen LogP contribution is 2.41. The molecule has 1 unspecified atom stereocenters. The number of rotatable bonds is 2. The number of cyclic esters (lactones) is 1. The van der Waals surface area contributed by atoms with Gasteiger partial charge in [0.2, 0.25) is 5.60 Å². The number of nitrogens with zero attached hydrogens (tertiary/aromatic N) is 3. The van der Waals surface area contributed by atoms with Crippen molar-refractivity contribution in [2.24, 2.45) is 0 Å². The van der Waals surface area contributed by atoms with Crippen molar-refractivity contribution < 1.29 is 28.9 Å². The quantitative estimate of drug-likeness (QED) is 0.437. The van der Waals surface area contributed by atoms with Crippen LogP contribution in [0, 0.1) is 0 Å². The van der Waals surface area contributed by atoms with E-state index in [1.54, 1.807) is 35.8 Å². The first kappa shape index (κ1) is 21.6. The molecule has 180 valence electrons. The van der Waals surface area contributed by atoms with Crippen molar-refractivity contribution in [1.82, 2.24) is 14.5 Å². The van der Waals surface area contributed by atoms with Crippen LogP contribution in [0.5, 0.6) is 5.75 Å². The number of amides is 1. The van der Waals surface area contributed by atoms with Crippen molar-refractivity contribution in [3.63, 3.8) is 0 Å². The maximum Gasteiger partial charge on any atom is 0.411 e. The Morgan fingerprint density at radius 2 is 2.00 bits per heavy atom. The molecule has 1 atom stereocenters. The van der Waals surface area contributed by atoms with Gasteiger partial charge in [-0.15, -0.1) is 0 Å². The molecule has 3 aromatic rings. The molecule has 0 saturated carbocycles. The van der Waals surface area contributed by atoms with E-state index in [2.05, 4.69) is 0 Å². The second-order valence-electron chi connectivity index (χ2n) is 8.91. The van der Waals surface area contributed by atoms with Crippen LogP contribution in [0.1, 0.15) is 30.0 Å². The summed E-state index contributed by atoms with van der Waals surface area (Å²) in [5, 5.41) is 10.6. The van der Waals surface area contributed by atoms with E-state index >= 15 is 0 Å². The fraction of sp³-hybridized carbons (Fsp3) is 0.360. The standard InChI is InChI=1S/C25H23N3O7/c1-2-25(35-24(32)27-5-7-33-8-6-27)18-11-20-21-15(9-14-10-16(29)3-4-19(14)26-21)12-28(20)22(30)17(18)13-34-23(25)31/h3-4,9-11,29H,2,5-8,12-13H2,1H3. The minimum atomic E-state index is -1.73. The van der Waals surface area contributed by atoms with E-state index in [4.69, 9.17) is 19.2 Å². The zero-order chi connectivity index (χ0) is 24.3. The number of esters is 1. The Bertz CT molecular complexity index is 1460. The number of aromatic hydroxyl groups is 1. The molecule has 0 spiro atoms. The van der Waals surface area contributed by atoms with Crippen molar-refractivity contribution in [1.29, 1.82) is 0 Å². The number of carbonyl (C=O) groups excluding carboxylic acids is 2. The third-order valence-corrected chi connectivity index (χ3v) is 6.99. The van der Waals surface area contributed by atoms with E-state index in [0.717, 1.165) is 10.9 Å². The molecule has 0 radical (unpaired) electrons. The van der Waals surface area contributed by atoms with Gasteiger partial charge in [-0.1, -0.05) is 6.92 Å². The van der Waals surface area contributed by atoms with E-state index in [9.17, 15) is 19.5 Å². The molecule has 10 heteroatoms. The molecule has 1 fully saturated rings. The predicted molar refractivity (Wildman–Crippen MR) is 123 cm³/mol. The Hall–Kier alpha value is -3.92. The third kappa shape index (κ3) is 3.20. The summed E-state index contributed by atoms with van der Waals surface area (Å²) in [7, 11) is 0. The summed E-state index contributed by atoms with van der Waals surface area (Å²) in [5.74, 6) is -0.563. The number of ether oxygens (including phenoxy) is 3. The molecule has 10 nitrogen and oxygen atoms in total. The second kappa shape index (κ2) is 7.81. The molecule has 1 N–H and O–H groups in total. The number of phenolic OH excluding ortho intramolecular Hbond substituents is 1. The van der Waals surface area contributed by atoms with Gasteiger partial charge in [-0.3, -0.25) is 4.79 Å². The normalized spacial score (nSPS) is 20.7. The maximum absolute atomic E-state index is 13.6. The molecular weight excluding hydrogens is 454 g/mol. The van der Waals surface area contributed by atoms with Crippen molar-refractivity contribution in [2.75, 3.05) is 26.3 Å². The average molecular weight is 477 g/mol. The van der Waals surface area contributed by atoms with Gasteiger partial charge in [0.25, 0.3) is 5.56 Å². The van der Waals surface area contributed by atoms with Gasteiger partial charge in [0.15, 0.2) is 0 Å². The Morgan fingerprint density at radius 3 is 2.77 bits per heavy atom. The Labute approximate surface area is 199 Å². The second-order valence-corrected chi connectivity index (χ2v) is 8.91. The highest BCUT2D eigenvalue weighted by molar-refractivity contribution is 5.88. The number of phenols is 1. The van der Waals surface area contributed by atoms with Crippen molar-refractivity contribution in [3.05, 3.63) is 57.4 Å². The number of pyridine rings is 2. The van der Waals surface area contributed by atoms with Crippen LogP contribution in [0.15, 0.2) is 35.1 Å². The molecule has 2 aromatic heterocycles. The van der Waals surface area contributed by atoms with Crippen LogP contribution in [0.25, 0.3) is 22.3 Å². The number of benzene rings is 1. The van der Waals surface area contributed by atoms with E-state index in [1.165, 1.54) is 4.90 Å². The molecule has 1 amide bonds. The van der Waals surface area contributed by atoms with Gasteiger partial charge in [0, 0.05) is 29.6 Å². The molecular formula is C25H23N3O7. The predicted octanol–water partition coefficient (Wildman–Crippen LogP) is 2.26. The van der Waals surface area contributed by atoms with Gasteiger partial charge in [-0.05, 0) is 36.8 Å². The molecule has 3 aliphatic heterocycles. The fourth-order valence-electron chi connectivity index (χ4n) is 5.09. The SMILES string of the molecule is CCC1(OC(=O)N2CCOCC2)C(=O)OCc2c1cc1n(c2=O)Cc2cc3cc(O)ccc3nc2-1. The average Bonchev–Trinajstić information content (AvgIpc) is 3.22. The fourth-order valence-corrected chi connectivity index (χ4v) is 5.09. The Balaban J connectivity index is 1.49. The lowest BCUT2D eigenvalue weighted by atomic mass is 9.85. The first-order valence-corrected chi connectivity index (χ1v) is 11.5. The van der Waals surface area contributed by atoms with Crippen LogP contribution in [0.3, 0.4) is 0 Å².